The summed E-state index contributed by atoms with van der Waals surface area (Å²) in [6.45, 7) is 3.20. The molecule has 2 N–H and O–H groups in total. The lowest BCUT2D eigenvalue weighted by molar-refractivity contribution is -0.148. The van der Waals surface area contributed by atoms with Crippen molar-refractivity contribution in [2.24, 2.45) is 5.92 Å². The maximum atomic E-state index is 14.0. The molecule has 40 heavy (non-hydrogen) atoms. The number of carbonyl (C=O) groups excluding carboxylic acids is 2. The molecule has 2 aliphatic rings. The van der Waals surface area contributed by atoms with Crippen molar-refractivity contribution in [3.63, 3.8) is 0 Å². The van der Waals surface area contributed by atoms with Crippen LogP contribution in [0.5, 0.6) is 0 Å². The van der Waals surface area contributed by atoms with E-state index >= 15 is 0 Å². The summed E-state index contributed by atoms with van der Waals surface area (Å²) < 4.78 is 36.2. The van der Waals surface area contributed by atoms with Crippen molar-refractivity contribution in [2.75, 3.05) is 29.9 Å². The van der Waals surface area contributed by atoms with Gasteiger partial charge in [0.2, 0.25) is 15.9 Å². The van der Waals surface area contributed by atoms with E-state index in [1.165, 1.54) is 11.3 Å². The summed E-state index contributed by atoms with van der Waals surface area (Å²) in [5, 5.41) is 4.79. The van der Waals surface area contributed by atoms with E-state index in [-0.39, 0.29) is 35.2 Å². The molecule has 1 aromatic heterocycles. The standard InChI is InChI=1S/C30H35N3O5S2/c1-2-38-30(35)22-14-16-33(17-15-22)27-13-12-23(31-29(34)20-24-9-6-18-39-24)19-28(27)40(36,37)32-26-11-5-8-21-7-3-4-10-25(21)26/h3-4,6-7,9-10,12-13,18-19,22,26,32H,2,5,8,11,14-17,20H2,1H3,(H,31,34). The van der Waals surface area contributed by atoms with Gasteiger partial charge in [-0.1, -0.05) is 30.3 Å². The van der Waals surface area contributed by atoms with Gasteiger partial charge in [0.1, 0.15) is 4.90 Å². The Hall–Kier alpha value is -3.21. The molecule has 1 amide bonds. The highest BCUT2D eigenvalue weighted by molar-refractivity contribution is 7.89. The van der Waals surface area contributed by atoms with E-state index < -0.39 is 10.0 Å². The van der Waals surface area contributed by atoms with Gasteiger partial charge >= 0.3 is 5.97 Å². The van der Waals surface area contributed by atoms with Crippen LogP contribution in [-0.4, -0.2) is 40.0 Å². The number of anilines is 2. The highest BCUT2D eigenvalue weighted by Crippen LogP contribution is 2.35. The zero-order valence-corrected chi connectivity index (χ0v) is 24.2. The van der Waals surface area contributed by atoms with E-state index in [1.807, 2.05) is 40.6 Å². The Balaban J connectivity index is 1.42. The fraction of sp³-hybridized carbons (Fsp3) is 0.400. The average Bonchev–Trinajstić information content (AvgIpc) is 3.46. The third-order valence-electron chi connectivity index (χ3n) is 7.57. The SMILES string of the molecule is CCOC(=O)C1CCN(c2ccc(NC(=O)Cc3cccs3)cc2S(=O)(=O)NC2CCCc3ccccc32)CC1. The minimum atomic E-state index is -3.96. The number of carbonyl (C=O) groups is 2. The predicted molar refractivity (Wildman–Crippen MR) is 157 cm³/mol. The van der Waals surface area contributed by atoms with Gasteiger partial charge in [-0.25, -0.2) is 13.1 Å². The lowest BCUT2D eigenvalue weighted by Gasteiger charge is -2.34. The Morgan fingerprint density at radius 2 is 1.85 bits per heavy atom. The molecule has 5 rings (SSSR count). The number of aryl methyl sites for hydroxylation is 1. The molecule has 3 aromatic rings. The van der Waals surface area contributed by atoms with Crippen LogP contribution < -0.4 is 14.9 Å². The number of nitrogens with one attached hydrogen (secondary N) is 2. The van der Waals surface area contributed by atoms with Crippen molar-refractivity contribution in [3.05, 3.63) is 76.0 Å². The Labute approximate surface area is 239 Å². The van der Waals surface area contributed by atoms with Crippen LogP contribution >= 0.6 is 11.3 Å². The van der Waals surface area contributed by atoms with Crippen molar-refractivity contribution in [1.29, 1.82) is 0 Å². The van der Waals surface area contributed by atoms with E-state index in [0.717, 1.165) is 28.8 Å². The minimum Gasteiger partial charge on any atom is -0.466 e. The fourth-order valence-electron chi connectivity index (χ4n) is 5.59. The summed E-state index contributed by atoms with van der Waals surface area (Å²) in [5.41, 5.74) is 3.16. The minimum absolute atomic E-state index is 0.124. The monoisotopic (exact) mass is 581 g/mol. The number of hydrogen-bond donors (Lipinski definition) is 2. The second-order valence-corrected chi connectivity index (χ2v) is 13.0. The third-order valence-corrected chi connectivity index (χ3v) is 9.95. The van der Waals surface area contributed by atoms with Crippen LogP contribution in [0.4, 0.5) is 11.4 Å². The summed E-state index contributed by atoms with van der Waals surface area (Å²) in [4.78, 5) is 28.0. The van der Waals surface area contributed by atoms with Crippen molar-refractivity contribution in [1.82, 2.24) is 4.72 Å². The molecule has 0 radical (unpaired) electrons. The number of benzene rings is 2. The maximum Gasteiger partial charge on any atom is 0.309 e. The first-order valence-corrected chi connectivity index (χ1v) is 16.2. The highest BCUT2D eigenvalue weighted by Gasteiger charge is 2.32. The first kappa shape index (κ1) is 28.3. The number of esters is 1. The van der Waals surface area contributed by atoms with Crippen LogP contribution in [0.15, 0.2) is 64.9 Å². The van der Waals surface area contributed by atoms with Crippen LogP contribution in [-0.2, 0) is 37.2 Å². The molecule has 1 fully saturated rings. The Kier molecular flexibility index (Phi) is 8.87. The smallest absolute Gasteiger partial charge is 0.309 e. The summed E-state index contributed by atoms with van der Waals surface area (Å²) in [6, 6.07) is 16.5. The molecular weight excluding hydrogens is 546 g/mol. The number of sulfonamides is 1. The first-order chi connectivity index (χ1) is 19.3. The summed E-state index contributed by atoms with van der Waals surface area (Å²) in [6.07, 6.45) is 3.94. The zero-order chi connectivity index (χ0) is 28.1. The Morgan fingerprint density at radius 1 is 1.05 bits per heavy atom. The summed E-state index contributed by atoms with van der Waals surface area (Å²) in [7, 11) is -3.96. The van der Waals surface area contributed by atoms with Crippen LogP contribution in [0.2, 0.25) is 0 Å². The fourth-order valence-corrected chi connectivity index (χ4v) is 7.79. The van der Waals surface area contributed by atoms with E-state index in [0.29, 0.717) is 50.3 Å². The average molecular weight is 582 g/mol. The van der Waals surface area contributed by atoms with Gasteiger partial charge in [0.25, 0.3) is 0 Å². The molecule has 1 aliphatic heterocycles. The van der Waals surface area contributed by atoms with E-state index in [4.69, 9.17) is 4.74 Å². The van der Waals surface area contributed by atoms with Gasteiger partial charge in [-0.05, 0) is 79.8 Å². The first-order valence-electron chi connectivity index (χ1n) is 13.8. The van der Waals surface area contributed by atoms with Gasteiger partial charge in [-0.15, -0.1) is 11.3 Å². The molecule has 2 aromatic carbocycles. The number of piperidine rings is 1. The number of amides is 1. The normalized spacial score (nSPS) is 17.7. The second-order valence-electron chi connectivity index (χ2n) is 10.3. The molecule has 212 valence electrons. The van der Waals surface area contributed by atoms with Gasteiger partial charge in [0, 0.05) is 29.7 Å². The highest BCUT2D eigenvalue weighted by atomic mass is 32.2. The molecule has 2 heterocycles. The molecule has 8 nitrogen and oxygen atoms in total. The van der Waals surface area contributed by atoms with Gasteiger partial charge in [0.15, 0.2) is 0 Å². The molecule has 1 aliphatic carbocycles. The lowest BCUT2D eigenvalue weighted by atomic mass is 9.88. The number of nitrogens with zero attached hydrogens (tertiary/aromatic N) is 1. The van der Waals surface area contributed by atoms with E-state index in [2.05, 4.69) is 16.1 Å². The van der Waals surface area contributed by atoms with Gasteiger partial charge in [-0.3, -0.25) is 9.59 Å². The molecule has 0 saturated carbocycles. The molecule has 10 heteroatoms. The van der Waals surface area contributed by atoms with E-state index in [1.54, 1.807) is 25.1 Å². The zero-order valence-electron chi connectivity index (χ0n) is 22.6. The van der Waals surface area contributed by atoms with Crippen molar-refractivity contribution >= 4 is 44.6 Å². The van der Waals surface area contributed by atoms with Crippen LogP contribution in [0, 0.1) is 5.92 Å². The Bertz CT molecular complexity index is 1450. The Morgan fingerprint density at radius 3 is 2.60 bits per heavy atom. The number of hydrogen-bond acceptors (Lipinski definition) is 7. The molecule has 1 saturated heterocycles. The molecule has 0 spiro atoms. The predicted octanol–water partition coefficient (Wildman–Crippen LogP) is 5.06. The lowest BCUT2D eigenvalue weighted by Crippen LogP contribution is -2.38. The second kappa shape index (κ2) is 12.5. The topological polar surface area (TPSA) is 105 Å². The van der Waals surface area contributed by atoms with Crippen LogP contribution in [0.3, 0.4) is 0 Å². The van der Waals surface area contributed by atoms with Crippen molar-refractivity contribution in [2.45, 2.75) is 56.4 Å². The van der Waals surface area contributed by atoms with Gasteiger partial charge in [-0.2, -0.15) is 0 Å². The van der Waals surface area contributed by atoms with E-state index in [9.17, 15) is 18.0 Å². The summed E-state index contributed by atoms with van der Waals surface area (Å²) >= 11 is 1.50. The number of fused-ring (bicyclic) bond motifs is 1. The quantitative estimate of drug-likeness (QED) is 0.342. The largest absolute Gasteiger partial charge is 0.466 e. The number of rotatable bonds is 9. The maximum absolute atomic E-state index is 14.0. The molecule has 1 unspecified atom stereocenters. The van der Waals surface area contributed by atoms with Gasteiger partial charge < -0.3 is 15.0 Å². The molecule has 0 bridgehead atoms. The van der Waals surface area contributed by atoms with Crippen LogP contribution in [0.25, 0.3) is 0 Å². The van der Waals surface area contributed by atoms with Crippen molar-refractivity contribution < 1.29 is 22.7 Å². The number of thiophene rings is 1. The van der Waals surface area contributed by atoms with Crippen molar-refractivity contribution in [3.8, 4) is 0 Å². The van der Waals surface area contributed by atoms with Gasteiger partial charge in [0.05, 0.1) is 24.6 Å². The van der Waals surface area contributed by atoms with Crippen LogP contribution in [0.1, 0.15) is 54.7 Å². The molecule has 1 atom stereocenters. The number of ether oxygens (including phenoxy) is 1. The third kappa shape index (κ3) is 6.56. The summed E-state index contributed by atoms with van der Waals surface area (Å²) in [5.74, 6) is -0.594. The molecular formula is C30H35N3O5S2.